The van der Waals surface area contributed by atoms with E-state index in [1.165, 1.54) is 11.3 Å². The van der Waals surface area contributed by atoms with Gasteiger partial charge in [-0.15, -0.1) is 0 Å². The molecule has 2 heterocycles. The van der Waals surface area contributed by atoms with Crippen LogP contribution in [0, 0.1) is 0 Å². The normalized spacial score (nSPS) is 12.7. The Morgan fingerprint density at radius 3 is 2.11 bits per heavy atom. The SMILES string of the molecule is CC(C)(C)c1cnn(-c2ccccn2)c1C(C)(C)C. The second-order valence-electron chi connectivity index (χ2n) is 7.01. The molecule has 0 saturated carbocycles. The number of rotatable bonds is 1. The molecule has 0 radical (unpaired) electrons. The third-order valence-corrected chi connectivity index (χ3v) is 3.15. The third kappa shape index (κ3) is 2.70. The second kappa shape index (κ2) is 4.48. The van der Waals surface area contributed by atoms with Crippen molar-refractivity contribution in [1.82, 2.24) is 14.8 Å². The average molecular weight is 257 g/mol. The highest BCUT2D eigenvalue weighted by Gasteiger charge is 2.30. The summed E-state index contributed by atoms with van der Waals surface area (Å²) in [5.41, 5.74) is 2.62. The Morgan fingerprint density at radius 1 is 0.947 bits per heavy atom. The third-order valence-electron chi connectivity index (χ3n) is 3.15. The topological polar surface area (TPSA) is 30.7 Å². The molecule has 0 bridgehead atoms. The molecule has 0 aliphatic carbocycles. The van der Waals surface area contributed by atoms with E-state index in [-0.39, 0.29) is 10.8 Å². The van der Waals surface area contributed by atoms with E-state index in [1.807, 2.05) is 29.1 Å². The highest BCUT2D eigenvalue weighted by molar-refractivity contribution is 5.36. The number of hydrogen-bond donors (Lipinski definition) is 0. The van der Waals surface area contributed by atoms with Gasteiger partial charge in [-0.1, -0.05) is 47.6 Å². The van der Waals surface area contributed by atoms with Crippen molar-refractivity contribution in [3.05, 3.63) is 41.9 Å². The van der Waals surface area contributed by atoms with Crippen LogP contribution >= 0.6 is 0 Å². The van der Waals surface area contributed by atoms with Crippen molar-refractivity contribution >= 4 is 0 Å². The van der Waals surface area contributed by atoms with E-state index in [4.69, 9.17) is 0 Å². The minimum Gasteiger partial charge on any atom is -0.237 e. The van der Waals surface area contributed by atoms with Crippen LogP contribution in [0.15, 0.2) is 30.6 Å². The van der Waals surface area contributed by atoms with E-state index < -0.39 is 0 Å². The number of nitrogens with zero attached hydrogens (tertiary/aromatic N) is 3. The fraction of sp³-hybridized carbons (Fsp3) is 0.500. The first-order valence-corrected chi connectivity index (χ1v) is 6.71. The van der Waals surface area contributed by atoms with Gasteiger partial charge in [0.2, 0.25) is 0 Å². The average Bonchev–Trinajstić information content (AvgIpc) is 2.74. The van der Waals surface area contributed by atoms with Crippen LogP contribution in [0.4, 0.5) is 0 Å². The summed E-state index contributed by atoms with van der Waals surface area (Å²) in [6.45, 7) is 13.3. The molecule has 102 valence electrons. The van der Waals surface area contributed by atoms with Crippen molar-refractivity contribution in [2.75, 3.05) is 0 Å². The molecule has 0 fully saturated rings. The summed E-state index contributed by atoms with van der Waals surface area (Å²) in [7, 11) is 0. The molecule has 0 spiro atoms. The van der Waals surface area contributed by atoms with Gasteiger partial charge in [0.05, 0.1) is 11.9 Å². The van der Waals surface area contributed by atoms with Crippen molar-refractivity contribution in [3.63, 3.8) is 0 Å². The first-order chi connectivity index (χ1) is 8.71. The summed E-state index contributed by atoms with van der Waals surface area (Å²) in [6, 6.07) is 5.91. The van der Waals surface area contributed by atoms with Crippen molar-refractivity contribution in [2.45, 2.75) is 52.4 Å². The van der Waals surface area contributed by atoms with Gasteiger partial charge in [-0.2, -0.15) is 5.10 Å². The number of hydrogen-bond acceptors (Lipinski definition) is 2. The Balaban J connectivity index is 2.68. The van der Waals surface area contributed by atoms with Crippen LogP contribution in [0.5, 0.6) is 0 Å². The number of pyridine rings is 1. The predicted octanol–water partition coefficient (Wildman–Crippen LogP) is 3.86. The second-order valence-corrected chi connectivity index (χ2v) is 7.01. The zero-order valence-corrected chi connectivity index (χ0v) is 12.7. The summed E-state index contributed by atoms with van der Waals surface area (Å²) >= 11 is 0. The van der Waals surface area contributed by atoms with Gasteiger partial charge in [-0.3, -0.25) is 0 Å². The predicted molar refractivity (Wildman–Crippen MR) is 78.8 cm³/mol. The smallest absolute Gasteiger partial charge is 0.153 e. The van der Waals surface area contributed by atoms with Crippen LogP contribution in [0.2, 0.25) is 0 Å². The zero-order valence-electron chi connectivity index (χ0n) is 12.7. The van der Waals surface area contributed by atoms with Crippen molar-refractivity contribution in [1.29, 1.82) is 0 Å². The summed E-state index contributed by atoms with van der Waals surface area (Å²) in [6.07, 6.45) is 3.79. The van der Waals surface area contributed by atoms with E-state index >= 15 is 0 Å². The van der Waals surface area contributed by atoms with E-state index in [0.29, 0.717) is 0 Å². The lowest BCUT2D eigenvalue weighted by molar-refractivity contribution is 0.504. The van der Waals surface area contributed by atoms with Gasteiger partial charge in [0.15, 0.2) is 5.82 Å². The van der Waals surface area contributed by atoms with E-state index in [2.05, 4.69) is 51.6 Å². The Labute approximate surface area is 115 Å². The van der Waals surface area contributed by atoms with Gasteiger partial charge in [0.1, 0.15) is 0 Å². The maximum atomic E-state index is 4.57. The molecule has 0 aliphatic rings. The fourth-order valence-corrected chi connectivity index (χ4v) is 2.27. The Morgan fingerprint density at radius 2 is 1.63 bits per heavy atom. The molecular weight excluding hydrogens is 234 g/mol. The molecule has 0 aliphatic heterocycles. The lowest BCUT2D eigenvalue weighted by Crippen LogP contribution is -2.24. The van der Waals surface area contributed by atoms with E-state index in [1.54, 1.807) is 6.20 Å². The molecule has 0 atom stereocenters. The van der Waals surface area contributed by atoms with Crippen molar-refractivity contribution in [3.8, 4) is 5.82 Å². The molecule has 3 heteroatoms. The molecule has 0 N–H and O–H groups in total. The molecule has 2 aromatic rings. The van der Waals surface area contributed by atoms with Crippen LogP contribution in [0.3, 0.4) is 0 Å². The quantitative estimate of drug-likeness (QED) is 0.776. The minimum absolute atomic E-state index is 0.0244. The molecule has 2 aromatic heterocycles. The maximum Gasteiger partial charge on any atom is 0.153 e. The lowest BCUT2D eigenvalue weighted by Gasteiger charge is -2.27. The largest absolute Gasteiger partial charge is 0.237 e. The monoisotopic (exact) mass is 257 g/mol. The molecule has 19 heavy (non-hydrogen) atoms. The van der Waals surface area contributed by atoms with Crippen LogP contribution in [-0.4, -0.2) is 14.8 Å². The Hall–Kier alpha value is -1.64. The van der Waals surface area contributed by atoms with Gasteiger partial charge in [0, 0.05) is 11.6 Å². The summed E-state index contributed by atoms with van der Waals surface area (Å²) in [5, 5.41) is 4.57. The van der Waals surface area contributed by atoms with Crippen molar-refractivity contribution in [2.24, 2.45) is 0 Å². The molecule has 3 nitrogen and oxygen atoms in total. The molecule has 0 amide bonds. The molecular formula is C16H23N3. The van der Waals surface area contributed by atoms with Gasteiger partial charge in [0.25, 0.3) is 0 Å². The summed E-state index contributed by atoms with van der Waals surface area (Å²) < 4.78 is 1.97. The first kappa shape index (κ1) is 13.8. The van der Waals surface area contributed by atoms with Crippen LogP contribution in [-0.2, 0) is 10.8 Å². The molecule has 0 unspecified atom stereocenters. The van der Waals surface area contributed by atoms with Gasteiger partial charge in [-0.25, -0.2) is 9.67 Å². The van der Waals surface area contributed by atoms with Gasteiger partial charge in [-0.05, 0) is 23.1 Å². The Bertz CT molecular complexity index is 554. The Kier molecular flexibility index (Phi) is 3.25. The minimum atomic E-state index is 0.0244. The van der Waals surface area contributed by atoms with Crippen LogP contribution in [0.1, 0.15) is 52.8 Å². The highest BCUT2D eigenvalue weighted by atomic mass is 15.3. The molecule has 2 rings (SSSR count). The maximum absolute atomic E-state index is 4.57. The molecule has 0 saturated heterocycles. The highest BCUT2D eigenvalue weighted by Crippen LogP contribution is 2.34. The first-order valence-electron chi connectivity index (χ1n) is 6.71. The van der Waals surface area contributed by atoms with Gasteiger partial charge >= 0.3 is 0 Å². The number of aromatic nitrogens is 3. The zero-order chi connectivity index (χ0) is 14.3. The standard InChI is InChI=1S/C16H23N3/c1-15(2,3)12-11-18-19(14(12)16(4,5)6)13-9-7-8-10-17-13/h7-11H,1-6H3. The van der Waals surface area contributed by atoms with Crippen LogP contribution < -0.4 is 0 Å². The lowest BCUT2D eigenvalue weighted by atomic mass is 9.79. The van der Waals surface area contributed by atoms with Gasteiger partial charge < -0.3 is 0 Å². The summed E-state index contributed by atoms with van der Waals surface area (Å²) in [4.78, 5) is 4.42. The van der Waals surface area contributed by atoms with Crippen LogP contribution in [0.25, 0.3) is 5.82 Å². The fourth-order valence-electron chi connectivity index (χ4n) is 2.27. The van der Waals surface area contributed by atoms with E-state index in [9.17, 15) is 0 Å². The summed E-state index contributed by atoms with van der Waals surface area (Å²) in [5.74, 6) is 0.878. The molecule has 0 aromatic carbocycles. The van der Waals surface area contributed by atoms with Crippen molar-refractivity contribution < 1.29 is 0 Å². The van der Waals surface area contributed by atoms with E-state index in [0.717, 1.165) is 5.82 Å².